The zero-order chi connectivity index (χ0) is 20.7. The van der Waals surface area contributed by atoms with Crippen LogP contribution in [-0.4, -0.2) is 47.6 Å². The van der Waals surface area contributed by atoms with Gasteiger partial charge in [0.05, 0.1) is 18.8 Å². The zero-order valence-corrected chi connectivity index (χ0v) is 17.4. The van der Waals surface area contributed by atoms with E-state index in [4.69, 9.17) is 15.1 Å². The van der Waals surface area contributed by atoms with Crippen LogP contribution in [0.5, 0.6) is 0 Å². The van der Waals surface area contributed by atoms with Crippen LogP contribution in [0.4, 0.5) is 17.5 Å². The fourth-order valence-electron chi connectivity index (χ4n) is 2.97. The molecule has 0 radical (unpaired) electrons. The van der Waals surface area contributed by atoms with Crippen molar-refractivity contribution in [3.8, 4) is 0 Å². The Bertz CT molecular complexity index is 796. The van der Waals surface area contributed by atoms with Crippen LogP contribution in [0.2, 0.25) is 0 Å². The highest BCUT2D eigenvalue weighted by Crippen LogP contribution is 2.32. The van der Waals surface area contributed by atoms with Crippen LogP contribution < -0.4 is 10.2 Å². The molecule has 0 spiro atoms. The smallest absolute Gasteiger partial charge is 0.143 e. The number of morpholine rings is 1. The third-order valence-electron chi connectivity index (χ3n) is 4.35. The fourth-order valence-corrected chi connectivity index (χ4v) is 2.97. The number of ether oxygens (including phenoxy) is 1. The minimum absolute atomic E-state index is 0.513. The summed E-state index contributed by atoms with van der Waals surface area (Å²) in [5.74, 6) is 1.92. The van der Waals surface area contributed by atoms with Crippen LogP contribution in [0.15, 0.2) is 24.4 Å². The third kappa shape index (κ3) is 5.27. The summed E-state index contributed by atoms with van der Waals surface area (Å²) < 4.78 is 5.42. The molecular weight excluding hydrogens is 354 g/mol. The van der Waals surface area contributed by atoms with Gasteiger partial charge in [0.15, 0.2) is 0 Å². The third-order valence-corrected chi connectivity index (χ3v) is 4.35. The monoisotopic (exact) mass is 385 g/mol. The number of nitrogens with one attached hydrogen (secondary N) is 2. The molecule has 7 heteroatoms. The highest BCUT2D eigenvalue weighted by atomic mass is 16.5. The van der Waals surface area contributed by atoms with Crippen LogP contribution in [0.25, 0.3) is 0 Å². The van der Waals surface area contributed by atoms with Gasteiger partial charge < -0.3 is 25.5 Å². The molecule has 0 aliphatic carbocycles. The highest BCUT2D eigenvalue weighted by Gasteiger charge is 2.25. The molecule has 0 amide bonds. The van der Waals surface area contributed by atoms with Gasteiger partial charge in [-0.1, -0.05) is 13.8 Å². The van der Waals surface area contributed by atoms with Crippen molar-refractivity contribution in [1.82, 2.24) is 9.97 Å². The van der Waals surface area contributed by atoms with E-state index in [1.54, 1.807) is 20.0 Å². The van der Waals surface area contributed by atoms with Crippen LogP contribution in [0, 0.1) is 12.3 Å². The maximum absolute atomic E-state index is 10.6. The van der Waals surface area contributed by atoms with E-state index in [2.05, 4.69) is 15.2 Å². The first-order valence-electron chi connectivity index (χ1n) is 9.69. The van der Waals surface area contributed by atoms with Crippen molar-refractivity contribution >= 4 is 23.7 Å². The van der Waals surface area contributed by atoms with Crippen LogP contribution in [-0.2, 0) is 10.3 Å². The van der Waals surface area contributed by atoms with E-state index in [0.29, 0.717) is 36.0 Å². The number of pyridine rings is 2. The molecule has 152 valence electrons. The molecule has 3 rings (SSSR count). The summed E-state index contributed by atoms with van der Waals surface area (Å²) in [5.41, 5.74) is 1.18. The van der Waals surface area contributed by atoms with Crippen molar-refractivity contribution in [2.24, 2.45) is 0 Å². The van der Waals surface area contributed by atoms with Crippen molar-refractivity contribution in [1.29, 1.82) is 5.41 Å². The molecule has 0 saturated carbocycles. The predicted octanol–water partition coefficient (Wildman–Crippen LogP) is 3.62. The number of anilines is 3. The number of aryl methyl sites for hydroxylation is 1. The zero-order valence-electron chi connectivity index (χ0n) is 17.4. The number of aliphatic hydroxyl groups is 1. The van der Waals surface area contributed by atoms with E-state index in [1.165, 1.54) is 6.21 Å². The van der Waals surface area contributed by atoms with Crippen molar-refractivity contribution < 1.29 is 9.84 Å². The first kappa shape index (κ1) is 21.8. The van der Waals surface area contributed by atoms with E-state index in [1.807, 2.05) is 39.0 Å². The van der Waals surface area contributed by atoms with E-state index < -0.39 is 5.60 Å². The molecule has 2 aromatic heterocycles. The number of hydrogen-bond donors (Lipinski definition) is 3. The Labute approximate surface area is 167 Å². The fraction of sp³-hybridized carbons (Fsp3) is 0.476. The summed E-state index contributed by atoms with van der Waals surface area (Å²) in [7, 11) is 0. The number of hydrogen-bond acceptors (Lipinski definition) is 7. The lowest BCUT2D eigenvalue weighted by Gasteiger charge is -2.30. The van der Waals surface area contributed by atoms with Gasteiger partial charge in [0, 0.05) is 31.1 Å². The SMILES string of the molecule is CC.Cc1ccnc(Nc2nc(N3CCOCC3)cc(C(C)(C)O)c2C=N)c1. The van der Waals surface area contributed by atoms with Gasteiger partial charge in [-0.2, -0.15) is 0 Å². The number of rotatable bonds is 5. The van der Waals surface area contributed by atoms with E-state index in [-0.39, 0.29) is 0 Å². The average Bonchev–Trinajstić information content (AvgIpc) is 2.69. The van der Waals surface area contributed by atoms with Crippen LogP contribution in [0.1, 0.15) is 44.4 Å². The number of nitrogens with zero attached hydrogens (tertiary/aromatic N) is 3. The van der Waals surface area contributed by atoms with Crippen molar-refractivity contribution in [2.75, 3.05) is 36.5 Å². The molecule has 1 aliphatic heterocycles. The standard InChI is InChI=1S/C19H25N5O2.C2H6/c1-13-4-5-21-16(10-13)22-18-14(12-20)15(19(2,3)25)11-17(23-18)24-6-8-26-9-7-24;1-2/h4-5,10-12,20,25H,6-9H2,1-3H3,(H,21,22,23);1-2H3. The van der Waals surface area contributed by atoms with E-state index in [9.17, 15) is 5.11 Å². The van der Waals surface area contributed by atoms with Gasteiger partial charge in [0.2, 0.25) is 0 Å². The van der Waals surface area contributed by atoms with Crippen LogP contribution in [0.3, 0.4) is 0 Å². The average molecular weight is 386 g/mol. The Hall–Kier alpha value is -2.51. The summed E-state index contributed by atoms with van der Waals surface area (Å²) in [6.45, 7) is 12.2. The van der Waals surface area contributed by atoms with Gasteiger partial charge in [-0.25, -0.2) is 9.97 Å². The largest absolute Gasteiger partial charge is 0.386 e. The Kier molecular flexibility index (Phi) is 7.48. The molecular formula is C21H31N5O2. The lowest BCUT2D eigenvalue weighted by atomic mass is 9.94. The molecule has 28 heavy (non-hydrogen) atoms. The summed E-state index contributed by atoms with van der Waals surface area (Å²) in [6.07, 6.45) is 2.95. The summed E-state index contributed by atoms with van der Waals surface area (Å²) in [6, 6.07) is 5.70. The van der Waals surface area contributed by atoms with Gasteiger partial charge in [0.25, 0.3) is 0 Å². The maximum atomic E-state index is 10.6. The molecule has 0 aromatic carbocycles. The summed E-state index contributed by atoms with van der Waals surface area (Å²) in [4.78, 5) is 11.2. The molecule has 0 bridgehead atoms. The Morgan fingerprint density at radius 1 is 1.25 bits per heavy atom. The molecule has 1 fully saturated rings. The normalized spacial score (nSPS) is 14.1. The second-order valence-corrected chi connectivity index (χ2v) is 6.94. The minimum Gasteiger partial charge on any atom is -0.386 e. The van der Waals surface area contributed by atoms with Crippen LogP contribution >= 0.6 is 0 Å². The topological polar surface area (TPSA) is 94.4 Å². The predicted molar refractivity (Wildman–Crippen MR) is 114 cm³/mol. The first-order valence-corrected chi connectivity index (χ1v) is 9.69. The lowest BCUT2D eigenvalue weighted by Crippen LogP contribution is -2.37. The van der Waals surface area contributed by atoms with E-state index >= 15 is 0 Å². The van der Waals surface area contributed by atoms with Crippen molar-refractivity contribution in [3.63, 3.8) is 0 Å². The molecule has 1 saturated heterocycles. The minimum atomic E-state index is -1.10. The Balaban J connectivity index is 0.00000136. The number of aromatic nitrogens is 2. The van der Waals surface area contributed by atoms with Crippen molar-refractivity contribution in [2.45, 2.75) is 40.2 Å². The Morgan fingerprint density at radius 3 is 2.50 bits per heavy atom. The van der Waals surface area contributed by atoms with Crippen molar-refractivity contribution in [3.05, 3.63) is 41.1 Å². The molecule has 0 atom stereocenters. The summed E-state index contributed by atoms with van der Waals surface area (Å²) in [5, 5.41) is 21.7. The second kappa shape index (κ2) is 9.61. The summed E-state index contributed by atoms with van der Waals surface area (Å²) >= 11 is 0. The molecule has 3 N–H and O–H groups in total. The van der Waals surface area contributed by atoms with Gasteiger partial charge in [-0.05, 0) is 50.1 Å². The van der Waals surface area contributed by atoms with Gasteiger partial charge >= 0.3 is 0 Å². The highest BCUT2D eigenvalue weighted by molar-refractivity contribution is 5.89. The maximum Gasteiger partial charge on any atom is 0.143 e. The molecule has 1 aliphatic rings. The lowest BCUT2D eigenvalue weighted by molar-refractivity contribution is 0.0784. The van der Waals surface area contributed by atoms with Gasteiger partial charge in [0.1, 0.15) is 17.5 Å². The molecule has 0 unspecified atom stereocenters. The van der Waals surface area contributed by atoms with E-state index in [0.717, 1.165) is 24.5 Å². The second-order valence-electron chi connectivity index (χ2n) is 6.94. The first-order chi connectivity index (χ1) is 13.4. The quantitative estimate of drug-likeness (QED) is 0.681. The molecule has 2 aromatic rings. The van der Waals surface area contributed by atoms with Gasteiger partial charge in [-0.3, -0.25) is 0 Å². The Morgan fingerprint density at radius 2 is 1.93 bits per heavy atom. The molecule has 7 nitrogen and oxygen atoms in total. The molecule has 3 heterocycles. The van der Waals surface area contributed by atoms with Gasteiger partial charge in [-0.15, -0.1) is 0 Å².